The maximum absolute atomic E-state index is 5.84. The Morgan fingerprint density at radius 1 is 1.09 bits per heavy atom. The number of benzene rings is 2. The second-order valence-electron chi connectivity index (χ2n) is 5.90. The molecule has 1 heterocycles. The van der Waals surface area contributed by atoms with E-state index in [-0.39, 0.29) is 0 Å². The van der Waals surface area contributed by atoms with E-state index in [0.717, 1.165) is 44.9 Å². The van der Waals surface area contributed by atoms with E-state index in [4.69, 9.17) is 9.47 Å². The van der Waals surface area contributed by atoms with Gasteiger partial charge in [0.1, 0.15) is 5.75 Å². The summed E-state index contributed by atoms with van der Waals surface area (Å²) in [4.78, 5) is 0. The number of nitrogens with one attached hydrogen (secondary N) is 1. The first-order valence-corrected chi connectivity index (χ1v) is 8.36. The summed E-state index contributed by atoms with van der Waals surface area (Å²) in [7, 11) is 0. The highest BCUT2D eigenvalue weighted by molar-refractivity contribution is 5.83. The highest BCUT2D eigenvalue weighted by atomic mass is 16.5. The van der Waals surface area contributed by atoms with Gasteiger partial charge in [-0.25, -0.2) is 0 Å². The first-order chi connectivity index (χ1) is 10.9. The van der Waals surface area contributed by atoms with Crippen molar-refractivity contribution in [3.8, 4) is 5.75 Å². The predicted octanol–water partition coefficient (Wildman–Crippen LogP) is 3.77. The quantitative estimate of drug-likeness (QED) is 0.753. The van der Waals surface area contributed by atoms with E-state index in [1.165, 1.54) is 23.6 Å². The van der Waals surface area contributed by atoms with Crippen LogP contribution in [0.4, 0.5) is 0 Å². The Morgan fingerprint density at radius 2 is 2.00 bits per heavy atom. The van der Waals surface area contributed by atoms with Gasteiger partial charge in [-0.3, -0.25) is 0 Å². The maximum Gasteiger partial charge on any atom is 0.119 e. The number of fused-ring (bicyclic) bond motifs is 1. The third-order valence-electron chi connectivity index (χ3n) is 4.13. The lowest BCUT2D eigenvalue weighted by Crippen LogP contribution is -2.27. The molecule has 1 saturated heterocycles. The first kappa shape index (κ1) is 15.3. The number of ether oxygens (including phenoxy) is 2. The lowest BCUT2D eigenvalue weighted by molar-refractivity contribution is 0.110. The van der Waals surface area contributed by atoms with Gasteiger partial charge in [-0.1, -0.05) is 30.3 Å². The van der Waals surface area contributed by atoms with Crippen LogP contribution in [0.2, 0.25) is 0 Å². The largest absolute Gasteiger partial charge is 0.494 e. The minimum Gasteiger partial charge on any atom is -0.494 e. The van der Waals surface area contributed by atoms with E-state index >= 15 is 0 Å². The van der Waals surface area contributed by atoms with Crippen LogP contribution in [0.25, 0.3) is 10.8 Å². The zero-order valence-electron chi connectivity index (χ0n) is 13.1. The zero-order chi connectivity index (χ0) is 15.0. The van der Waals surface area contributed by atoms with Crippen molar-refractivity contribution in [1.29, 1.82) is 0 Å². The monoisotopic (exact) mass is 299 g/mol. The molecular formula is C19H25NO2. The minimum absolute atomic E-state index is 0.439. The summed E-state index contributed by atoms with van der Waals surface area (Å²) in [6.07, 6.45) is 5.07. The molecule has 0 amide bonds. The van der Waals surface area contributed by atoms with Crippen LogP contribution in [-0.2, 0) is 4.74 Å². The molecule has 2 aromatic rings. The molecule has 1 aliphatic rings. The van der Waals surface area contributed by atoms with Gasteiger partial charge in [0.05, 0.1) is 12.7 Å². The molecule has 2 aromatic carbocycles. The Labute approximate surface area is 132 Å². The highest BCUT2D eigenvalue weighted by Crippen LogP contribution is 2.20. The van der Waals surface area contributed by atoms with E-state index in [1.54, 1.807) is 0 Å². The smallest absolute Gasteiger partial charge is 0.119 e. The van der Waals surface area contributed by atoms with E-state index in [2.05, 4.69) is 47.8 Å². The number of hydrogen-bond acceptors (Lipinski definition) is 3. The SMILES string of the molecule is c1ccc2cc(OCCCCNC[C@H]3CCCO3)ccc2c1. The Morgan fingerprint density at radius 3 is 2.86 bits per heavy atom. The number of hydrogen-bond donors (Lipinski definition) is 1. The van der Waals surface area contributed by atoms with Gasteiger partial charge in [0.25, 0.3) is 0 Å². The van der Waals surface area contributed by atoms with Crippen molar-refractivity contribution < 1.29 is 9.47 Å². The molecule has 22 heavy (non-hydrogen) atoms. The summed E-state index contributed by atoms with van der Waals surface area (Å²) in [6.45, 7) is 3.75. The first-order valence-electron chi connectivity index (χ1n) is 8.36. The van der Waals surface area contributed by atoms with Crippen molar-refractivity contribution in [2.45, 2.75) is 31.8 Å². The lowest BCUT2D eigenvalue weighted by Gasteiger charge is -2.11. The molecule has 0 aromatic heterocycles. The van der Waals surface area contributed by atoms with Crippen LogP contribution in [0, 0.1) is 0 Å². The van der Waals surface area contributed by atoms with Crippen LogP contribution in [0.15, 0.2) is 42.5 Å². The van der Waals surface area contributed by atoms with Gasteiger partial charge in [0.2, 0.25) is 0 Å². The molecular weight excluding hydrogens is 274 g/mol. The average molecular weight is 299 g/mol. The number of rotatable bonds is 8. The summed E-state index contributed by atoms with van der Waals surface area (Å²) in [5.74, 6) is 0.964. The standard InChI is InChI=1S/C19H25NO2/c1-2-7-17-14-18(10-9-16(17)6-1)21-12-4-3-11-20-15-19-8-5-13-22-19/h1-2,6-7,9-10,14,19-20H,3-5,8,11-13,15H2/t19-/m1/s1. The Bertz CT molecular complexity index is 578. The van der Waals surface area contributed by atoms with Crippen molar-refractivity contribution in [3.63, 3.8) is 0 Å². The van der Waals surface area contributed by atoms with Gasteiger partial charge in [0.15, 0.2) is 0 Å². The minimum atomic E-state index is 0.439. The molecule has 0 radical (unpaired) electrons. The van der Waals surface area contributed by atoms with Gasteiger partial charge in [-0.15, -0.1) is 0 Å². The van der Waals surface area contributed by atoms with Crippen LogP contribution in [0.3, 0.4) is 0 Å². The molecule has 0 saturated carbocycles. The van der Waals surface area contributed by atoms with Gasteiger partial charge >= 0.3 is 0 Å². The summed E-state index contributed by atoms with van der Waals surface area (Å²) < 4.78 is 11.4. The summed E-state index contributed by atoms with van der Waals surface area (Å²) >= 11 is 0. The molecule has 1 fully saturated rings. The van der Waals surface area contributed by atoms with Crippen LogP contribution in [0.5, 0.6) is 5.75 Å². The van der Waals surface area contributed by atoms with Crippen LogP contribution >= 0.6 is 0 Å². The predicted molar refractivity (Wildman–Crippen MR) is 90.5 cm³/mol. The van der Waals surface area contributed by atoms with E-state index < -0.39 is 0 Å². The number of unbranched alkanes of at least 4 members (excludes halogenated alkanes) is 1. The molecule has 3 rings (SSSR count). The average Bonchev–Trinajstić information content (AvgIpc) is 3.07. The molecule has 3 heteroatoms. The molecule has 1 aliphatic heterocycles. The topological polar surface area (TPSA) is 30.5 Å². The van der Waals surface area contributed by atoms with Gasteiger partial charge in [-0.05, 0) is 55.1 Å². The van der Waals surface area contributed by atoms with Crippen molar-refractivity contribution in [2.75, 3.05) is 26.3 Å². The van der Waals surface area contributed by atoms with Crippen LogP contribution < -0.4 is 10.1 Å². The van der Waals surface area contributed by atoms with E-state index in [0.29, 0.717) is 6.10 Å². The molecule has 0 aliphatic carbocycles. The maximum atomic E-state index is 5.84. The highest BCUT2D eigenvalue weighted by Gasteiger charge is 2.13. The molecule has 1 atom stereocenters. The second kappa shape index (κ2) is 8.16. The Kier molecular flexibility index (Phi) is 5.68. The van der Waals surface area contributed by atoms with Gasteiger partial charge in [0, 0.05) is 13.2 Å². The van der Waals surface area contributed by atoms with Crippen molar-refractivity contribution in [3.05, 3.63) is 42.5 Å². The summed E-state index contributed by atoms with van der Waals surface area (Å²) in [5, 5.41) is 5.96. The van der Waals surface area contributed by atoms with Crippen molar-refractivity contribution in [1.82, 2.24) is 5.32 Å². The van der Waals surface area contributed by atoms with Gasteiger partial charge in [-0.2, -0.15) is 0 Å². The molecule has 3 nitrogen and oxygen atoms in total. The molecule has 0 spiro atoms. The van der Waals surface area contributed by atoms with Gasteiger partial charge < -0.3 is 14.8 Å². The van der Waals surface area contributed by atoms with Crippen molar-refractivity contribution >= 4 is 10.8 Å². The third-order valence-corrected chi connectivity index (χ3v) is 4.13. The molecule has 118 valence electrons. The van der Waals surface area contributed by atoms with E-state index in [1.807, 2.05) is 0 Å². The molecule has 0 unspecified atom stereocenters. The zero-order valence-corrected chi connectivity index (χ0v) is 13.1. The summed E-state index contributed by atoms with van der Waals surface area (Å²) in [5.41, 5.74) is 0. The normalized spacial score (nSPS) is 17.9. The second-order valence-corrected chi connectivity index (χ2v) is 5.90. The third kappa shape index (κ3) is 4.46. The van der Waals surface area contributed by atoms with E-state index in [9.17, 15) is 0 Å². The fourth-order valence-electron chi connectivity index (χ4n) is 2.87. The lowest BCUT2D eigenvalue weighted by atomic mass is 10.1. The Balaban J connectivity index is 1.30. The van der Waals surface area contributed by atoms with Crippen LogP contribution in [0.1, 0.15) is 25.7 Å². The van der Waals surface area contributed by atoms with Crippen molar-refractivity contribution in [2.24, 2.45) is 0 Å². The fraction of sp³-hybridized carbons (Fsp3) is 0.474. The summed E-state index contributed by atoms with van der Waals surface area (Å²) in [6, 6.07) is 14.7. The van der Waals surface area contributed by atoms with Crippen LogP contribution in [-0.4, -0.2) is 32.4 Å². The Hall–Kier alpha value is -1.58. The molecule has 1 N–H and O–H groups in total. The molecule has 0 bridgehead atoms. The fourth-order valence-corrected chi connectivity index (χ4v) is 2.87.